The van der Waals surface area contributed by atoms with E-state index in [1.54, 1.807) is 0 Å². The number of nitrogens with zero attached hydrogens (tertiary/aromatic N) is 1. The number of methoxy groups -OCH3 is 1. The molecular weight excluding hydrogens is 237 g/mol. The molecule has 0 aliphatic rings. The van der Waals surface area contributed by atoms with Gasteiger partial charge in [0.05, 0.1) is 22.0 Å². The summed E-state index contributed by atoms with van der Waals surface area (Å²) < 4.78 is 57.4. The van der Waals surface area contributed by atoms with Crippen molar-refractivity contribution in [2.75, 3.05) is 7.11 Å². The molecule has 0 spiro atoms. The monoisotopic (exact) mass is 248 g/mol. The Morgan fingerprint density at radius 2 is 2.29 bits per heavy atom. The summed E-state index contributed by atoms with van der Waals surface area (Å²) in [5.74, 6) is -0.112. The standard InChI is InChI=1S/C10H9F3N2O2/c1-17-9-8-6(2-5(4-16)15-8)7(3-14-9)10(11,12)13/h2-3,15-16H,4H2,1H3/i4D2. The lowest BCUT2D eigenvalue weighted by Crippen LogP contribution is -2.06. The number of ether oxygens (including phenoxy) is 1. The molecule has 4 nitrogen and oxygen atoms in total. The van der Waals surface area contributed by atoms with E-state index in [2.05, 4.69) is 9.97 Å². The average Bonchev–Trinajstić information content (AvgIpc) is 2.70. The minimum Gasteiger partial charge on any atom is -0.479 e. The number of nitrogens with one attached hydrogen (secondary N) is 1. The normalized spacial score (nSPS) is 14.6. The van der Waals surface area contributed by atoms with Crippen molar-refractivity contribution in [3.8, 4) is 5.88 Å². The molecule has 0 bridgehead atoms. The number of fused-ring (bicyclic) bond motifs is 1. The zero-order valence-corrected chi connectivity index (χ0v) is 8.59. The summed E-state index contributed by atoms with van der Waals surface area (Å²) >= 11 is 0. The van der Waals surface area contributed by atoms with Crippen molar-refractivity contribution in [3.63, 3.8) is 0 Å². The minimum absolute atomic E-state index is 0.112. The van der Waals surface area contributed by atoms with Gasteiger partial charge in [0.25, 0.3) is 0 Å². The summed E-state index contributed by atoms with van der Waals surface area (Å²) in [6.07, 6.45) is -4.04. The van der Waals surface area contributed by atoms with Crippen LogP contribution >= 0.6 is 0 Å². The Morgan fingerprint density at radius 1 is 1.59 bits per heavy atom. The van der Waals surface area contributed by atoms with Crippen molar-refractivity contribution in [1.29, 1.82) is 0 Å². The van der Waals surface area contributed by atoms with E-state index in [-0.39, 0.29) is 16.8 Å². The third-order valence-corrected chi connectivity index (χ3v) is 2.25. The molecule has 2 rings (SSSR count). The number of aliphatic hydroxyl groups is 1. The van der Waals surface area contributed by atoms with Crippen LogP contribution in [0.2, 0.25) is 0 Å². The first-order chi connectivity index (χ1) is 8.64. The molecule has 0 aromatic carbocycles. The Hall–Kier alpha value is -1.76. The predicted octanol–water partition coefficient (Wildman–Crippen LogP) is 2.08. The molecule has 2 N–H and O–H groups in total. The van der Waals surface area contributed by atoms with Gasteiger partial charge in [-0.05, 0) is 6.07 Å². The highest BCUT2D eigenvalue weighted by atomic mass is 19.4. The molecule has 2 heterocycles. The second kappa shape index (κ2) is 3.92. The van der Waals surface area contributed by atoms with E-state index in [1.807, 2.05) is 0 Å². The van der Waals surface area contributed by atoms with Crippen molar-refractivity contribution >= 4 is 10.9 Å². The molecule has 0 saturated heterocycles. The molecule has 17 heavy (non-hydrogen) atoms. The number of pyridine rings is 1. The zero-order chi connectivity index (χ0) is 14.4. The zero-order valence-electron chi connectivity index (χ0n) is 10.6. The number of aromatic amines is 1. The summed E-state index contributed by atoms with van der Waals surface area (Å²) in [5, 5.41) is 8.89. The molecule has 2 aromatic heterocycles. The van der Waals surface area contributed by atoms with Gasteiger partial charge >= 0.3 is 6.18 Å². The number of alkyl halides is 3. The summed E-state index contributed by atoms with van der Waals surface area (Å²) in [7, 11) is 1.23. The van der Waals surface area contributed by atoms with Crippen LogP contribution in [0.3, 0.4) is 0 Å². The van der Waals surface area contributed by atoms with Crippen molar-refractivity contribution in [2.24, 2.45) is 0 Å². The molecule has 2 aromatic rings. The Bertz CT molecular complexity index is 619. The second-order valence-electron chi connectivity index (χ2n) is 3.26. The Kier molecular flexibility index (Phi) is 2.14. The summed E-state index contributed by atoms with van der Waals surface area (Å²) in [6.45, 7) is -2.78. The fourth-order valence-electron chi connectivity index (χ4n) is 1.53. The number of hydrogen-bond acceptors (Lipinski definition) is 3. The van der Waals surface area contributed by atoms with Gasteiger partial charge in [-0.3, -0.25) is 0 Å². The highest BCUT2D eigenvalue weighted by Crippen LogP contribution is 2.37. The van der Waals surface area contributed by atoms with Crippen LogP contribution in [0.1, 0.15) is 14.0 Å². The van der Waals surface area contributed by atoms with Crippen LogP contribution in [0.4, 0.5) is 13.2 Å². The maximum absolute atomic E-state index is 12.8. The van der Waals surface area contributed by atoms with Crippen molar-refractivity contribution < 1.29 is 25.8 Å². The Labute approximate surface area is 96.9 Å². The molecule has 7 heteroatoms. The number of H-pyrrole nitrogens is 1. The van der Waals surface area contributed by atoms with Gasteiger partial charge in [0.15, 0.2) is 0 Å². The van der Waals surface area contributed by atoms with Gasteiger partial charge < -0.3 is 14.8 Å². The van der Waals surface area contributed by atoms with Gasteiger partial charge in [0.1, 0.15) is 5.52 Å². The maximum Gasteiger partial charge on any atom is 0.418 e. The van der Waals surface area contributed by atoms with E-state index in [4.69, 9.17) is 7.48 Å². The second-order valence-corrected chi connectivity index (χ2v) is 3.26. The Balaban J connectivity index is 2.79. The SMILES string of the molecule is [2H]C([2H])(O)c1cc2c(C(F)(F)F)cnc(OC)c2[nH]1. The quantitative estimate of drug-likeness (QED) is 0.855. The molecule has 92 valence electrons. The van der Waals surface area contributed by atoms with Gasteiger partial charge in [-0.15, -0.1) is 0 Å². The molecule has 0 radical (unpaired) electrons. The van der Waals surface area contributed by atoms with Crippen molar-refractivity contribution in [2.45, 2.75) is 12.7 Å². The van der Waals surface area contributed by atoms with Crippen LogP contribution in [-0.4, -0.2) is 22.2 Å². The van der Waals surface area contributed by atoms with E-state index in [1.165, 1.54) is 7.11 Å². The molecule has 0 saturated carbocycles. The van der Waals surface area contributed by atoms with Crippen LogP contribution in [0, 0.1) is 0 Å². The van der Waals surface area contributed by atoms with Crippen LogP contribution < -0.4 is 4.74 Å². The first-order valence-electron chi connectivity index (χ1n) is 5.50. The number of hydrogen-bond donors (Lipinski definition) is 2. The van der Waals surface area contributed by atoms with Gasteiger partial charge in [-0.1, -0.05) is 0 Å². The predicted molar refractivity (Wildman–Crippen MR) is 53.6 cm³/mol. The maximum atomic E-state index is 12.8. The number of halogens is 3. The fraction of sp³-hybridized carbons (Fsp3) is 0.300. The van der Waals surface area contributed by atoms with E-state index >= 15 is 0 Å². The van der Waals surface area contributed by atoms with Gasteiger partial charge in [0.2, 0.25) is 5.88 Å². The van der Waals surface area contributed by atoms with E-state index in [0.29, 0.717) is 6.20 Å². The summed E-state index contributed by atoms with van der Waals surface area (Å²) in [4.78, 5) is 5.86. The molecular formula is C10H9F3N2O2. The topological polar surface area (TPSA) is 58.1 Å². The van der Waals surface area contributed by atoms with Crippen molar-refractivity contribution in [3.05, 3.63) is 23.5 Å². The number of rotatable bonds is 2. The molecule has 0 unspecified atom stereocenters. The van der Waals surface area contributed by atoms with Crippen LogP contribution in [0.5, 0.6) is 5.88 Å². The largest absolute Gasteiger partial charge is 0.479 e. The lowest BCUT2D eigenvalue weighted by molar-refractivity contribution is -0.136. The van der Waals surface area contributed by atoms with Gasteiger partial charge in [0, 0.05) is 17.3 Å². The Morgan fingerprint density at radius 3 is 2.82 bits per heavy atom. The van der Waals surface area contributed by atoms with Gasteiger partial charge in [-0.2, -0.15) is 13.2 Å². The van der Waals surface area contributed by atoms with E-state index < -0.39 is 24.0 Å². The fourth-order valence-corrected chi connectivity index (χ4v) is 1.53. The first kappa shape index (κ1) is 9.29. The van der Waals surface area contributed by atoms with E-state index in [0.717, 1.165) is 6.07 Å². The number of aromatic nitrogens is 2. The first-order valence-corrected chi connectivity index (χ1v) is 4.50. The molecule has 0 aliphatic heterocycles. The highest BCUT2D eigenvalue weighted by Gasteiger charge is 2.34. The molecule has 0 aliphatic carbocycles. The molecule has 0 amide bonds. The third kappa shape index (κ3) is 1.93. The molecule has 0 fully saturated rings. The molecule has 0 atom stereocenters. The van der Waals surface area contributed by atoms with Crippen molar-refractivity contribution in [1.82, 2.24) is 9.97 Å². The minimum atomic E-state index is -4.64. The average molecular weight is 248 g/mol. The summed E-state index contributed by atoms with van der Waals surface area (Å²) in [6, 6.07) is 0.891. The lowest BCUT2D eigenvalue weighted by atomic mass is 10.1. The van der Waals surface area contributed by atoms with Gasteiger partial charge in [-0.25, -0.2) is 4.98 Å². The van der Waals surface area contributed by atoms with E-state index in [9.17, 15) is 18.3 Å². The summed E-state index contributed by atoms with van der Waals surface area (Å²) in [5.41, 5.74) is -1.56. The third-order valence-electron chi connectivity index (χ3n) is 2.25. The van der Waals surface area contributed by atoms with Crippen LogP contribution in [0.15, 0.2) is 12.3 Å². The highest BCUT2D eigenvalue weighted by molar-refractivity contribution is 5.88. The van der Waals surface area contributed by atoms with Crippen LogP contribution in [0.25, 0.3) is 10.9 Å². The van der Waals surface area contributed by atoms with Crippen LogP contribution in [-0.2, 0) is 12.7 Å². The lowest BCUT2D eigenvalue weighted by Gasteiger charge is -2.08. The smallest absolute Gasteiger partial charge is 0.418 e.